The zero-order valence-corrected chi connectivity index (χ0v) is 24.1. The summed E-state index contributed by atoms with van der Waals surface area (Å²) in [7, 11) is 0. The number of hydrogen-bond acceptors (Lipinski definition) is 3. The average Bonchev–Trinajstić information content (AvgIpc) is 2.98. The summed E-state index contributed by atoms with van der Waals surface area (Å²) >= 11 is 3.43. The van der Waals surface area contributed by atoms with Crippen molar-refractivity contribution < 1.29 is 9.59 Å². The second kappa shape index (κ2) is 13.4. The van der Waals surface area contributed by atoms with Gasteiger partial charge in [0, 0.05) is 41.0 Å². The summed E-state index contributed by atoms with van der Waals surface area (Å²) in [5.41, 5.74) is 5.20. The number of nitrogens with one attached hydrogen (secondary N) is 2. The summed E-state index contributed by atoms with van der Waals surface area (Å²) < 4.78 is 0.838. The van der Waals surface area contributed by atoms with Gasteiger partial charge in [-0.25, -0.2) is 0 Å². The van der Waals surface area contributed by atoms with Gasteiger partial charge in [-0.1, -0.05) is 82.7 Å². The lowest BCUT2D eigenvalue weighted by Gasteiger charge is -2.35. The van der Waals surface area contributed by atoms with Crippen LogP contribution < -0.4 is 15.5 Å². The van der Waals surface area contributed by atoms with Crippen molar-refractivity contribution in [3.63, 3.8) is 0 Å². The number of anilines is 2. The number of hydrogen-bond donors (Lipinski definition) is 2. The zero-order chi connectivity index (χ0) is 27.7. The minimum Gasteiger partial charge on any atom is -0.371 e. The molecule has 40 heavy (non-hydrogen) atoms. The molecule has 0 saturated carbocycles. The molecule has 0 bridgehead atoms. The molecule has 6 heteroatoms. The highest BCUT2D eigenvalue weighted by Gasteiger charge is 2.24. The molecule has 1 saturated heterocycles. The van der Waals surface area contributed by atoms with E-state index in [1.165, 1.54) is 11.1 Å². The van der Waals surface area contributed by atoms with E-state index in [0.717, 1.165) is 48.9 Å². The quantitative estimate of drug-likeness (QED) is 0.216. The Hall–Kier alpha value is -3.90. The first kappa shape index (κ1) is 27.7. The lowest BCUT2D eigenvalue weighted by Crippen LogP contribution is -2.36. The summed E-state index contributed by atoms with van der Waals surface area (Å²) in [4.78, 5) is 28.7. The number of rotatable bonds is 9. The Balaban J connectivity index is 1.30. The molecule has 1 aliphatic rings. The van der Waals surface area contributed by atoms with E-state index < -0.39 is 0 Å². The van der Waals surface area contributed by atoms with E-state index in [0.29, 0.717) is 29.3 Å². The third kappa shape index (κ3) is 7.39. The zero-order valence-electron chi connectivity index (χ0n) is 22.5. The maximum atomic E-state index is 13.5. The second-order valence-corrected chi connectivity index (χ2v) is 11.2. The molecule has 1 heterocycles. The fourth-order valence-corrected chi connectivity index (χ4v) is 5.69. The minimum absolute atomic E-state index is 0.129. The molecule has 0 aliphatic carbocycles. The van der Waals surface area contributed by atoms with E-state index in [-0.39, 0.29) is 11.8 Å². The molecular weight excluding hydrogens is 562 g/mol. The number of piperidine rings is 1. The van der Waals surface area contributed by atoms with Crippen molar-refractivity contribution in [2.24, 2.45) is 5.92 Å². The average molecular weight is 597 g/mol. The van der Waals surface area contributed by atoms with Crippen LogP contribution in [-0.4, -0.2) is 31.4 Å². The molecule has 4 aromatic carbocycles. The van der Waals surface area contributed by atoms with Crippen LogP contribution in [0.2, 0.25) is 0 Å². The van der Waals surface area contributed by atoms with Gasteiger partial charge in [0.05, 0.1) is 5.56 Å². The SMILES string of the molecule is O=C(Nc1ccc(N2CCC(Cc3ccccc3)CC2)c(C(=O)NCCc2ccccc2)c1)c1cccc(Br)c1. The summed E-state index contributed by atoms with van der Waals surface area (Å²) in [6.07, 6.45) is 3.99. The predicted octanol–water partition coefficient (Wildman–Crippen LogP) is 7.13. The van der Waals surface area contributed by atoms with Gasteiger partial charge in [0.1, 0.15) is 0 Å². The summed E-state index contributed by atoms with van der Waals surface area (Å²) in [5.74, 6) is 0.285. The molecule has 0 spiro atoms. The molecule has 1 aliphatic heterocycles. The van der Waals surface area contributed by atoms with Crippen LogP contribution in [0.15, 0.2) is 108 Å². The molecule has 1 fully saturated rings. The number of benzene rings is 4. The van der Waals surface area contributed by atoms with Crippen LogP contribution in [0.3, 0.4) is 0 Å². The number of carbonyl (C=O) groups is 2. The Morgan fingerprint density at radius 3 is 2.17 bits per heavy atom. The lowest BCUT2D eigenvalue weighted by molar-refractivity contribution is 0.0953. The Labute approximate surface area is 244 Å². The molecule has 0 aromatic heterocycles. The monoisotopic (exact) mass is 595 g/mol. The van der Waals surface area contributed by atoms with Crippen molar-refractivity contribution >= 4 is 39.1 Å². The molecule has 4 aromatic rings. The second-order valence-electron chi connectivity index (χ2n) is 10.3. The smallest absolute Gasteiger partial charge is 0.255 e. The van der Waals surface area contributed by atoms with Crippen LogP contribution >= 0.6 is 15.9 Å². The minimum atomic E-state index is -0.216. The Morgan fingerprint density at radius 1 is 0.775 bits per heavy atom. The summed E-state index contributed by atoms with van der Waals surface area (Å²) in [6, 6.07) is 33.7. The maximum absolute atomic E-state index is 13.5. The van der Waals surface area contributed by atoms with Crippen molar-refractivity contribution in [1.29, 1.82) is 0 Å². The van der Waals surface area contributed by atoms with Crippen LogP contribution in [0.5, 0.6) is 0 Å². The fraction of sp³-hybridized carbons (Fsp3) is 0.235. The van der Waals surface area contributed by atoms with Crippen LogP contribution in [0.1, 0.15) is 44.7 Å². The maximum Gasteiger partial charge on any atom is 0.255 e. The standard InChI is InChI=1S/C34H34BrN3O2/c35-29-13-7-12-28(23-29)33(39)37-30-14-15-32(31(24-30)34(40)36-19-16-25-8-3-1-4-9-25)38-20-17-27(18-21-38)22-26-10-5-2-6-11-26/h1-15,23-24,27H,16-22H2,(H,36,40)(H,37,39). The Morgan fingerprint density at radius 2 is 1.48 bits per heavy atom. The first-order chi connectivity index (χ1) is 19.5. The lowest BCUT2D eigenvalue weighted by atomic mass is 9.89. The van der Waals surface area contributed by atoms with E-state index in [2.05, 4.69) is 73.9 Å². The Kier molecular flexibility index (Phi) is 9.30. The molecule has 5 nitrogen and oxygen atoms in total. The van der Waals surface area contributed by atoms with Crippen molar-refractivity contribution in [3.8, 4) is 0 Å². The first-order valence-corrected chi connectivity index (χ1v) is 14.7. The van der Waals surface area contributed by atoms with Gasteiger partial charge >= 0.3 is 0 Å². The van der Waals surface area contributed by atoms with Crippen molar-refractivity contribution in [3.05, 3.63) is 130 Å². The van der Waals surface area contributed by atoms with Crippen LogP contribution in [-0.2, 0) is 12.8 Å². The van der Waals surface area contributed by atoms with Crippen molar-refractivity contribution in [2.75, 3.05) is 29.9 Å². The molecule has 0 atom stereocenters. The van der Waals surface area contributed by atoms with Gasteiger partial charge in [-0.3, -0.25) is 9.59 Å². The molecule has 204 valence electrons. The normalized spacial score (nSPS) is 13.6. The van der Waals surface area contributed by atoms with Gasteiger partial charge in [-0.15, -0.1) is 0 Å². The third-order valence-corrected chi connectivity index (χ3v) is 7.94. The number of nitrogens with zero attached hydrogens (tertiary/aromatic N) is 1. The van der Waals surface area contributed by atoms with E-state index in [4.69, 9.17) is 0 Å². The predicted molar refractivity (Wildman–Crippen MR) is 166 cm³/mol. The van der Waals surface area contributed by atoms with Gasteiger partial charge in [0.15, 0.2) is 0 Å². The number of halogens is 1. The third-order valence-electron chi connectivity index (χ3n) is 7.45. The first-order valence-electron chi connectivity index (χ1n) is 13.9. The van der Waals surface area contributed by atoms with E-state index >= 15 is 0 Å². The van der Waals surface area contributed by atoms with Gasteiger partial charge < -0.3 is 15.5 Å². The molecule has 0 radical (unpaired) electrons. The van der Waals surface area contributed by atoms with Gasteiger partial charge in [0.2, 0.25) is 0 Å². The highest BCUT2D eigenvalue weighted by atomic mass is 79.9. The highest BCUT2D eigenvalue weighted by molar-refractivity contribution is 9.10. The van der Waals surface area contributed by atoms with E-state index in [1.807, 2.05) is 42.5 Å². The topological polar surface area (TPSA) is 61.4 Å². The number of amides is 2. The molecule has 2 N–H and O–H groups in total. The summed E-state index contributed by atoms with van der Waals surface area (Å²) in [6.45, 7) is 2.33. The van der Waals surface area contributed by atoms with Crippen LogP contribution in [0.4, 0.5) is 11.4 Å². The van der Waals surface area contributed by atoms with E-state index in [1.54, 1.807) is 18.2 Å². The fourth-order valence-electron chi connectivity index (χ4n) is 5.29. The summed E-state index contributed by atoms with van der Waals surface area (Å²) in [5, 5.41) is 6.07. The molecule has 5 rings (SSSR count). The molecular formula is C34H34BrN3O2. The largest absolute Gasteiger partial charge is 0.371 e. The molecule has 0 unspecified atom stereocenters. The van der Waals surface area contributed by atoms with Crippen molar-refractivity contribution in [2.45, 2.75) is 25.7 Å². The van der Waals surface area contributed by atoms with Gasteiger partial charge in [-0.2, -0.15) is 0 Å². The number of carbonyl (C=O) groups excluding carboxylic acids is 2. The van der Waals surface area contributed by atoms with Crippen molar-refractivity contribution in [1.82, 2.24) is 5.32 Å². The van der Waals surface area contributed by atoms with Gasteiger partial charge in [-0.05, 0) is 79.1 Å². The Bertz CT molecular complexity index is 1430. The van der Waals surface area contributed by atoms with Gasteiger partial charge in [0.25, 0.3) is 11.8 Å². The molecule has 2 amide bonds. The van der Waals surface area contributed by atoms with Crippen LogP contribution in [0.25, 0.3) is 0 Å². The highest BCUT2D eigenvalue weighted by Crippen LogP contribution is 2.30. The van der Waals surface area contributed by atoms with Crippen LogP contribution in [0, 0.1) is 5.92 Å². The van der Waals surface area contributed by atoms with E-state index in [9.17, 15) is 9.59 Å².